The largest absolute Gasteiger partial charge is 0.351 e. The Balaban J connectivity index is 1.56. The van der Waals surface area contributed by atoms with Crippen LogP contribution in [0.4, 0.5) is 0 Å². The molecule has 0 fully saturated rings. The summed E-state index contributed by atoms with van der Waals surface area (Å²) in [6.07, 6.45) is 5.08. The normalized spacial score (nSPS) is 11.8. The van der Waals surface area contributed by atoms with E-state index in [1.165, 1.54) is 4.88 Å². The van der Waals surface area contributed by atoms with E-state index in [0.717, 1.165) is 30.3 Å². The zero-order valence-electron chi connectivity index (χ0n) is 13.4. The number of nitrogens with zero attached hydrogens (tertiary/aromatic N) is 4. The molecule has 23 heavy (non-hydrogen) atoms. The van der Waals surface area contributed by atoms with E-state index in [1.807, 2.05) is 42.0 Å². The first-order valence-corrected chi connectivity index (χ1v) is 8.51. The van der Waals surface area contributed by atoms with Crippen LogP contribution in [0.5, 0.6) is 0 Å². The van der Waals surface area contributed by atoms with Crippen molar-refractivity contribution in [3.8, 4) is 0 Å². The number of imidazole rings is 1. The highest BCUT2D eigenvalue weighted by atomic mass is 32.1. The third-order valence-corrected chi connectivity index (χ3v) is 4.62. The number of likely N-dealkylation sites (N-methyl/N-ethyl adjacent to an activating group) is 1. The van der Waals surface area contributed by atoms with Gasteiger partial charge in [-0.3, -0.25) is 4.99 Å². The molecule has 3 rings (SSSR count). The molecule has 0 aliphatic heterocycles. The van der Waals surface area contributed by atoms with Crippen LogP contribution in [-0.2, 0) is 13.0 Å². The standard InChI is InChI=1S/C17H21N5S/c1-18-17(21(2)10-8-15-6-5-11-23-15)19-12-14-13-22-9-4-3-7-16(22)20-14/h3-7,9,11,13H,8,10,12H2,1-2H3,(H,18,19). The highest BCUT2D eigenvalue weighted by Gasteiger charge is 2.07. The van der Waals surface area contributed by atoms with Crippen LogP contribution in [0.15, 0.2) is 53.1 Å². The molecule has 0 atom stereocenters. The zero-order valence-corrected chi connectivity index (χ0v) is 14.3. The average molecular weight is 327 g/mol. The minimum atomic E-state index is 0.664. The summed E-state index contributed by atoms with van der Waals surface area (Å²) in [6, 6.07) is 10.3. The lowest BCUT2D eigenvalue weighted by Crippen LogP contribution is -2.39. The van der Waals surface area contributed by atoms with Crippen LogP contribution in [0.1, 0.15) is 10.6 Å². The fourth-order valence-corrected chi connectivity index (χ4v) is 3.16. The van der Waals surface area contributed by atoms with Gasteiger partial charge in [0.25, 0.3) is 0 Å². The summed E-state index contributed by atoms with van der Waals surface area (Å²) in [4.78, 5) is 12.5. The molecule has 0 saturated carbocycles. The zero-order chi connectivity index (χ0) is 16.1. The first-order chi connectivity index (χ1) is 11.3. The highest BCUT2D eigenvalue weighted by molar-refractivity contribution is 7.09. The van der Waals surface area contributed by atoms with Crippen molar-refractivity contribution in [3.63, 3.8) is 0 Å². The molecule has 0 aromatic carbocycles. The number of aromatic nitrogens is 2. The Kier molecular flexibility index (Phi) is 4.92. The molecule has 0 saturated heterocycles. The molecule has 0 aliphatic rings. The van der Waals surface area contributed by atoms with Crippen molar-refractivity contribution in [2.75, 3.05) is 20.6 Å². The number of guanidine groups is 1. The van der Waals surface area contributed by atoms with Crippen molar-refractivity contribution in [1.29, 1.82) is 0 Å². The maximum Gasteiger partial charge on any atom is 0.193 e. The lowest BCUT2D eigenvalue weighted by atomic mass is 10.3. The third-order valence-electron chi connectivity index (χ3n) is 3.69. The van der Waals surface area contributed by atoms with Crippen molar-refractivity contribution < 1.29 is 0 Å². The predicted octanol–water partition coefficient (Wildman–Crippen LogP) is 2.65. The molecule has 120 valence electrons. The molecule has 0 amide bonds. The van der Waals surface area contributed by atoms with E-state index in [9.17, 15) is 0 Å². The molecule has 0 unspecified atom stereocenters. The smallest absolute Gasteiger partial charge is 0.193 e. The van der Waals surface area contributed by atoms with Crippen LogP contribution < -0.4 is 5.32 Å². The summed E-state index contributed by atoms with van der Waals surface area (Å²) in [5, 5.41) is 5.50. The Morgan fingerprint density at radius 1 is 1.35 bits per heavy atom. The lowest BCUT2D eigenvalue weighted by molar-refractivity contribution is 0.486. The van der Waals surface area contributed by atoms with Gasteiger partial charge in [-0.15, -0.1) is 11.3 Å². The minimum Gasteiger partial charge on any atom is -0.351 e. The van der Waals surface area contributed by atoms with E-state index in [-0.39, 0.29) is 0 Å². The first-order valence-electron chi connectivity index (χ1n) is 7.63. The van der Waals surface area contributed by atoms with Crippen LogP contribution in [0.3, 0.4) is 0 Å². The fourth-order valence-electron chi connectivity index (χ4n) is 2.47. The van der Waals surface area contributed by atoms with Gasteiger partial charge in [0, 0.05) is 37.9 Å². The van der Waals surface area contributed by atoms with Crippen molar-refractivity contribution >= 4 is 22.9 Å². The van der Waals surface area contributed by atoms with Gasteiger partial charge in [-0.25, -0.2) is 4.98 Å². The van der Waals surface area contributed by atoms with E-state index in [0.29, 0.717) is 6.54 Å². The summed E-state index contributed by atoms with van der Waals surface area (Å²) in [5.41, 5.74) is 1.97. The fraction of sp³-hybridized carbons (Fsp3) is 0.294. The molecular formula is C17H21N5S. The second kappa shape index (κ2) is 7.28. The molecule has 3 aromatic heterocycles. The summed E-state index contributed by atoms with van der Waals surface area (Å²) in [7, 11) is 3.88. The van der Waals surface area contributed by atoms with E-state index < -0.39 is 0 Å². The molecule has 0 spiro atoms. The second-order valence-electron chi connectivity index (χ2n) is 5.35. The lowest BCUT2D eigenvalue weighted by Gasteiger charge is -2.21. The van der Waals surface area contributed by atoms with E-state index in [2.05, 4.69) is 44.8 Å². The molecule has 3 heterocycles. The Bertz CT molecular complexity index is 742. The molecule has 0 aliphatic carbocycles. The summed E-state index contributed by atoms with van der Waals surface area (Å²) in [5.74, 6) is 0.888. The molecule has 5 nitrogen and oxygen atoms in total. The van der Waals surface area contributed by atoms with Gasteiger partial charge < -0.3 is 14.6 Å². The van der Waals surface area contributed by atoms with Crippen molar-refractivity contribution in [1.82, 2.24) is 19.6 Å². The third kappa shape index (κ3) is 3.90. The van der Waals surface area contributed by atoms with Crippen molar-refractivity contribution in [3.05, 3.63) is 58.7 Å². The van der Waals surface area contributed by atoms with Gasteiger partial charge in [0.2, 0.25) is 0 Å². The Morgan fingerprint density at radius 3 is 3.00 bits per heavy atom. The van der Waals surface area contributed by atoms with Crippen LogP contribution in [0.2, 0.25) is 0 Å². The molecule has 0 bridgehead atoms. The second-order valence-corrected chi connectivity index (χ2v) is 6.38. The Labute approximate surface area is 140 Å². The topological polar surface area (TPSA) is 44.9 Å². The minimum absolute atomic E-state index is 0.664. The quantitative estimate of drug-likeness (QED) is 0.579. The number of aliphatic imine (C=N–C) groups is 1. The van der Waals surface area contributed by atoms with Crippen molar-refractivity contribution in [2.24, 2.45) is 4.99 Å². The SMILES string of the molecule is CN=C(NCc1cn2ccccc2n1)N(C)CCc1cccs1. The molecule has 0 radical (unpaired) electrons. The Morgan fingerprint density at radius 2 is 2.26 bits per heavy atom. The van der Waals surface area contributed by atoms with Gasteiger partial charge in [-0.2, -0.15) is 0 Å². The van der Waals surface area contributed by atoms with Gasteiger partial charge in [0.05, 0.1) is 12.2 Å². The van der Waals surface area contributed by atoms with E-state index >= 15 is 0 Å². The predicted molar refractivity (Wildman–Crippen MR) is 96.0 cm³/mol. The maximum absolute atomic E-state index is 4.59. The summed E-state index contributed by atoms with van der Waals surface area (Å²) >= 11 is 1.80. The average Bonchev–Trinajstić information content (AvgIpc) is 3.22. The first kappa shape index (κ1) is 15.6. The van der Waals surface area contributed by atoms with E-state index in [4.69, 9.17) is 0 Å². The monoisotopic (exact) mass is 327 g/mol. The van der Waals surface area contributed by atoms with Crippen LogP contribution in [0, 0.1) is 0 Å². The summed E-state index contributed by atoms with van der Waals surface area (Å²) in [6.45, 7) is 1.60. The van der Waals surface area contributed by atoms with Gasteiger partial charge in [-0.05, 0) is 30.0 Å². The molecule has 3 aromatic rings. The maximum atomic E-state index is 4.59. The molecule has 1 N–H and O–H groups in total. The van der Waals surface area contributed by atoms with Gasteiger partial charge in [-0.1, -0.05) is 12.1 Å². The number of nitrogens with one attached hydrogen (secondary N) is 1. The van der Waals surface area contributed by atoms with E-state index in [1.54, 1.807) is 11.3 Å². The molecular weight excluding hydrogens is 306 g/mol. The number of thiophene rings is 1. The summed E-state index contributed by atoms with van der Waals surface area (Å²) < 4.78 is 2.03. The number of rotatable bonds is 5. The van der Waals surface area contributed by atoms with Crippen LogP contribution in [-0.4, -0.2) is 40.9 Å². The van der Waals surface area contributed by atoms with Gasteiger partial charge in [0.1, 0.15) is 5.65 Å². The Hall–Kier alpha value is -2.34. The van der Waals surface area contributed by atoms with Gasteiger partial charge >= 0.3 is 0 Å². The molecule has 6 heteroatoms. The van der Waals surface area contributed by atoms with Gasteiger partial charge in [0.15, 0.2) is 5.96 Å². The number of hydrogen-bond donors (Lipinski definition) is 1. The van der Waals surface area contributed by atoms with Crippen LogP contribution in [0.25, 0.3) is 5.65 Å². The highest BCUT2D eigenvalue weighted by Crippen LogP contribution is 2.09. The van der Waals surface area contributed by atoms with Crippen LogP contribution >= 0.6 is 11.3 Å². The van der Waals surface area contributed by atoms with Crippen molar-refractivity contribution in [2.45, 2.75) is 13.0 Å². The number of pyridine rings is 1. The number of fused-ring (bicyclic) bond motifs is 1. The number of hydrogen-bond acceptors (Lipinski definition) is 3.